The van der Waals surface area contributed by atoms with E-state index in [1.54, 1.807) is 11.9 Å². The Labute approximate surface area is 224 Å². The third kappa shape index (κ3) is 6.26. The lowest BCUT2D eigenvalue weighted by Gasteiger charge is -2.43. The molecule has 3 heterocycles. The number of urea groups is 1. The quantitative estimate of drug-likeness (QED) is 0.551. The lowest BCUT2D eigenvalue weighted by Crippen LogP contribution is -2.52. The van der Waals surface area contributed by atoms with Gasteiger partial charge in [-0.3, -0.25) is 14.9 Å². The van der Waals surface area contributed by atoms with Crippen LogP contribution in [0.1, 0.15) is 62.7 Å². The Hall–Kier alpha value is -2.65. The number of benzene rings is 1. The van der Waals surface area contributed by atoms with E-state index in [0.29, 0.717) is 35.1 Å². The molecule has 2 aliphatic heterocycles. The number of carbonyl (C=O) groups excluding carboxylic acids is 3. The number of carbonyl (C=O) groups is 3. The Kier molecular flexibility index (Phi) is 9.08. The summed E-state index contributed by atoms with van der Waals surface area (Å²) in [4.78, 5) is 45.1. The fourth-order valence-corrected chi connectivity index (χ4v) is 6.95. The summed E-state index contributed by atoms with van der Waals surface area (Å²) in [6.45, 7) is 7.66. The minimum absolute atomic E-state index is 0.0756. The molecule has 2 aliphatic rings. The van der Waals surface area contributed by atoms with Gasteiger partial charge in [-0.1, -0.05) is 18.2 Å². The molecule has 37 heavy (non-hydrogen) atoms. The summed E-state index contributed by atoms with van der Waals surface area (Å²) < 4.78 is 0.965. The number of fused-ring (bicyclic) bond motifs is 1. The fourth-order valence-electron chi connectivity index (χ4n) is 5.86. The number of hydrogen-bond acceptors (Lipinski definition) is 5. The number of rotatable bonds is 7. The summed E-state index contributed by atoms with van der Waals surface area (Å²) in [6, 6.07) is 8.07. The van der Waals surface area contributed by atoms with Crippen LogP contribution in [-0.4, -0.2) is 84.9 Å². The molecule has 4 amide bonds. The van der Waals surface area contributed by atoms with Crippen LogP contribution in [0.25, 0.3) is 10.1 Å². The van der Waals surface area contributed by atoms with Crippen LogP contribution in [0.5, 0.6) is 0 Å². The van der Waals surface area contributed by atoms with Crippen molar-refractivity contribution in [1.82, 2.24) is 20.0 Å². The number of likely N-dealkylation sites (tertiary alicyclic amines) is 2. The van der Waals surface area contributed by atoms with Crippen LogP contribution in [0.4, 0.5) is 9.80 Å². The van der Waals surface area contributed by atoms with Gasteiger partial charge < -0.3 is 20.0 Å². The lowest BCUT2D eigenvalue weighted by molar-refractivity contribution is -0.143. The molecule has 0 saturated carbocycles. The smallest absolute Gasteiger partial charge is 0.319 e. The minimum atomic E-state index is -0.342. The molecule has 0 bridgehead atoms. The molecule has 8 nitrogen and oxygen atoms in total. The van der Waals surface area contributed by atoms with Crippen LogP contribution in [-0.2, 0) is 4.79 Å². The Balaban J connectivity index is 1.34. The van der Waals surface area contributed by atoms with E-state index in [0.717, 1.165) is 61.8 Å². The van der Waals surface area contributed by atoms with E-state index >= 15 is 0 Å². The molecule has 2 fully saturated rings. The molecule has 1 unspecified atom stereocenters. The zero-order valence-electron chi connectivity index (χ0n) is 22.6. The molecule has 2 aromatic rings. The first-order chi connectivity index (χ1) is 17.8. The number of nitrogens with zero attached hydrogens (tertiary/aromatic N) is 3. The van der Waals surface area contributed by atoms with E-state index in [1.807, 2.05) is 31.3 Å². The van der Waals surface area contributed by atoms with Crippen molar-refractivity contribution in [3.63, 3.8) is 0 Å². The molecular weight excluding hydrogens is 486 g/mol. The first kappa shape index (κ1) is 27.4. The van der Waals surface area contributed by atoms with Gasteiger partial charge in [0.25, 0.3) is 5.91 Å². The van der Waals surface area contributed by atoms with Crippen LogP contribution < -0.4 is 10.6 Å². The molecule has 1 aromatic carbocycles. The van der Waals surface area contributed by atoms with Gasteiger partial charge in [-0.15, -0.1) is 11.3 Å². The highest BCUT2D eigenvalue weighted by Gasteiger charge is 2.35. The lowest BCUT2D eigenvalue weighted by atomic mass is 9.91. The molecular formula is C28H41N5O3S. The predicted octanol–water partition coefficient (Wildman–Crippen LogP) is 4.62. The van der Waals surface area contributed by atoms with Crippen molar-refractivity contribution >= 4 is 44.3 Å². The number of thiophene rings is 1. The van der Waals surface area contributed by atoms with Crippen LogP contribution in [0.2, 0.25) is 0 Å². The van der Waals surface area contributed by atoms with Gasteiger partial charge in [-0.05, 0) is 71.5 Å². The molecule has 0 aliphatic carbocycles. The minimum Gasteiger partial charge on any atom is -0.342 e. The number of amides is 4. The van der Waals surface area contributed by atoms with Crippen molar-refractivity contribution in [1.29, 1.82) is 0 Å². The van der Waals surface area contributed by atoms with Gasteiger partial charge in [0.05, 0.1) is 11.5 Å². The third-order valence-corrected chi connectivity index (χ3v) is 8.97. The van der Waals surface area contributed by atoms with Crippen molar-refractivity contribution in [2.75, 3.05) is 45.6 Å². The second-order valence-corrected chi connectivity index (χ2v) is 11.7. The average molecular weight is 528 g/mol. The Morgan fingerprint density at radius 3 is 2.54 bits per heavy atom. The number of hydrogen-bond donors (Lipinski definition) is 2. The molecule has 202 valence electrons. The van der Waals surface area contributed by atoms with Crippen molar-refractivity contribution in [2.24, 2.45) is 5.92 Å². The van der Waals surface area contributed by atoms with Crippen molar-refractivity contribution < 1.29 is 14.4 Å². The topological polar surface area (TPSA) is 85.0 Å². The van der Waals surface area contributed by atoms with E-state index in [2.05, 4.69) is 34.3 Å². The molecule has 1 aromatic heterocycles. The summed E-state index contributed by atoms with van der Waals surface area (Å²) in [5, 5.41) is 6.80. The maximum absolute atomic E-state index is 13.5. The SMILES string of the molecule is CNC(=O)Nc1sc2ccccc2c1C(=O)N(C)CCCN1CCCC(C(=O)N2[C@H](C)CCC[C@@H]2C)C1. The van der Waals surface area contributed by atoms with Crippen molar-refractivity contribution in [3.05, 3.63) is 29.8 Å². The Morgan fingerprint density at radius 2 is 1.81 bits per heavy atom. The van der Waals surface area contributed by atoms with E-state index in [9.17, 15) is 14.4 Å². The van der Waals surface area contributed by atoms with Gasteiger partial charge in [-0.2, -0.15) is 0 Å². The van der Waals surface area contributed by atoms with Gasteiger partial charge in [0.2, 0.25) is 5.91 Å². The van der Waals surface area contributed by atoms with E-state index in [-0.39, 0.29) is 17.9 Å². The molecule has 9 heteroatoms. The van der Waals surface area contributed by atoms with Gasteiger partial charge in [0, 0.05) is 49.4 Å². The summed E-state index contributed by atoms with van der Waals surface area (Å²) in [6.07, 6.45) is 6.26. The Morgan fingerprint density at radius 1 is 1.08 bits per heavy atom. The largest absolute Gasteiger partial charge is 0.342 e. The summed E-state index contributed by atoms with van der Waals surface area (Å²) in [7, 11) is 3.38. The molecule has 0 spiro atoms. The maximum Gasteiger partial charge on any atom is 0.319 e. The number of piperidine rings is 2. The van der Waals surface area contributed by atoms with Gasteiger partial charge >= 0.3 is 6.03 Å². The van der Waals surface area contributed by atoms with Crippen molar-refractivity contribution in [2.45, 2.75) is 64.5 Å². The number of nitrogens with one attached hydrogen (secondary N) is 2. The zero-order chi connectivity index (χ0) is 26.5. The van der Waals surface area contributed by atoms with Gasteiger partial charge in [0.15, 0.2) is 0 Å². The predicted molar refractivity (Wildman–Crippen MR) is 150 cm³/mol. The molecule has 0 radical (unpaired) electrons. The monoisotopic (exact) mass is 527 g/mol. The second kappa shape index (κ2) is 12.3. The highest BCUT2D eigenvalue weighted by atomic mass is 32.1. The second-order valence-electron chi connectivity index (χ2n) is 10.6. The summed E-state index contributed by atoms with van der Waals surface area (Å²) in [5.74, 6) is 0.312. The third-order valence-electron chi connectivity index (χ3n) is 7.88. The van der Waals surface area contributed by atoms with Crippen LogP contribution in [0, 0.1) is 5.92 Å². The molecule has 3 atom stereocenters. The van der Waals surface area contributed by atoms with E-state index in [1.165, 1.54) is 17.8 Å². The van der Waals surface area contributed by atoms with Crippen LogP contribution >= 0.6 is 11.3 Å². The Bertz CT molecular complexity index is 1110. The molecule has 2 N–H and O–H groups in total. The summed E-state index contributed by atoms with van der Waals surface area (Å²) >= 11 is 1.41. The first-order valence-corrected chi connectivity index (χ1v) is 14.4. The zero-order valence-corrected chi connectivity index (χ0v) is 23.4. The average Bonchev–Trinajstić information content (AvgIpc) is 3.25. The van der Waals surface area contributed by atoms with Crippen LogP contribution in [0.15, 0.2) is 24.3 Å². The van der Waals surface area contributed by atoms with Crippen LogP contribution in [0.3, 0.4) is 0 Å². The maximum atomic E-state index is 13.5. The highest BCUT2D eigenvalue weighted by Crippen LogP contribution is 2.36. The summed E-state index contributed by atoms with van der Waals surface area (Å²) in [5.41, 5.74) is 0.542. The van der Waals surface area contributed by atoms with Gasteiger partial charge in [-0.25, -0.2) is 4.79 Å². The first-order valence-electron chi connectivity index (χ1n) is 13.6. The fraction of sp³-hybridized carbons (Fsp3) is 0.607. The highest BCUT2D eigenvalue weighted by molar-refractivity contribution is 7.23. The standard InChI is InChI=1S/C28H41N5O3S/c1-19-10-7-11-20(2)33(19)26(34)21-12-8-16-32(18-21)17-9-15-31(4)27(35)24-22-13-5-6-14-23(22)37-25(24)30-28(36)29-3/h5-6,13-14,19-21H,7-12,15-18H2,1-4H3,(H2,29,30,36)/t19-,20+,21?. The van der Waals surface area contributed by atoms with E-state index in [4.69, 9.17) is 0 Å². The van der Waals surface area contributed by atoms with Crippen molar-refractivity contribution in [3.8, 4) is 0 Å². The molecule has 4 rings (SSSR count). The van der Waals surface area contributed by atoms with E-state index < -0.39 is 0 Å². The van der Waals surface area contributed by atoms with Gasteiger partial charge in [0.1, 0.15) is 5.00 Å². The molecule has 2 saturated heterocycles. The normalized spacial score (nSPS) is 22.6. The number of anilines is 1.